The van der Waals surface area contributed by atoms with Crippen molar-refractivity contribution < 1.29 is 9.53 Å². The monoisotopic (exact) mass is 385 g/mol. The Morgan fingerprint density at radius 3 is 2.92 bits per heavy atom. The Morgan fingerprint density at radius 1 is 1.38 bits per heavy atom. The first-order valence-corrected chi connectivity index (χ1v) is 9.64. The van der Waals surface area contributed by atoms with Crippen LogP contribution in [-0.2, 0) is 12.8 Å². The number of carbonyl (C=O) groups is 1. The second kappa shape index (κ2) is 7.85. The van der Waals surface area contributed by atoms with Crippen LogP contribution in [0.25, 0.3) is 0 Å². The summed E-state index contributed by atoms with van der Waals surface area (Å²) in [6, 6.07) is 9.20. The summed E-state index contributed by atoms with van der Waals surface area (Å²) in [4.78, 5) is 13.7. The Hall–Kier alpha value is -2.43. The van der Waals surface area contributed by atoms with E-state index in [0.717, 1.165) is 24.8 Å². The summed E-state index contributed by atoms with van der Waals surface area (Å²) in [6.07, 6.45) is 3.05. The molecule has 1 aliphatic rings. The van der Waals surface area contributed by atoms with E-state index in [1.807, 2.05) is 13.8 Å². The molecular weight excluding hydrogens is 366 g/mol. The first kappa shape index (κ1) is 18.4. The molecule has 134 valence electrons. The minimum absolute atomic E-state index is 0.0289. The summed E-state index contributed by atoms with van der Waals surface area (Å²) in [6.45, 7) is 3.86. The number of thiocarbonyl (C=S) groups is 1. The number of ether oxygens (including phenoxy) is 1. The van der Waals surface area contributed by atoms with E-state index in [0.29, 0.717) is 21.9 Å². The molecule has 1 amide bonds. The fourth-order valence-corrected chi connectivity index (χ4v) is 4.41. The van der Waals surface area contributed by atoms with Gasteiger partial charge in [0.05, 0.1) is 11.7 Å². The van der Waals surface area contributed by atoms with E-state index in [2.05, 4.69) is 16.7 Å². The van der Waals surface area contributed by atoms with Crippen molar-refractivity contribution in [1.82, 2.24) is 5.32 Å². The van der Waals surface area contributed by atoms with Crippen LogP contribution in [0, 0.1) is 11.3 Å². The molecule has 0 bridgehead atoms. The van der Waals surface area contributed by atoms with E-state index in [-0.39, 0.29) is 17.1 Å². The van der Waals surface area contributed by atoms with Gasteiger partial charge in [-0.1, -0.05) is 6.07 Å². The molecule has 0 fully saturated rings. The Kier molecular flexibility index (Phi) is 5.55. The van der Waals surface area contributed by atoms with Crippen molar-refractivity contribution in [2.24, 2.45) is 0 Å². The van der Waals surface area contributed by atoms with Gasteiger partial charge >= 0.3 is 0 Å². The highest BCUT2D eigenvalue weighted by atomic mass is 32.1. The number of nitriles is 1. The van der Waals surface area contributed by atoms with Crippen LogP contribution in [-0.4, -0.2) is 17.1 Å². The van der Waals surface area contributed by atoms with Gasteiger partial charge in [0.2, 0.25) is 0 Å². The van der Waals surface area contributed by atoms with E-state index in [4.69, 9.17) is 17.0 Å². The smallest absolute Gasteiger partial charge is 0.257 e. The van der Waals surface area contributed by atoms with Gasteiger partial charge in [-0.15, -0.1) is 11.3 Å². The normalized spacial score (nSPS) is 12.4. The van der Waals surface area contributed by atoms with Gasteiger partial charge in [-0.2, -0.15) is 5.26 Å². The molecule has 0 saturated carbocycles. The molecule has 26 heavy (non-hydrogen) atoms. The van der Waals surface area contributed by atoms with Gasteiger partial charge in [-0.25, -0.2) is 0 Å². The number of hydrogen-bond donors (Lipinski definition) is 2. The van der Waals surface area contributed by atoms with Crippen LogP contribution in [0.3, 0.4) is 0 Å². The molecule has 2 N–H and O–H groups in total. The molecule has 0 aliphatic heterocycles. The molecular formula is C19H19N3O2S2. The molecule has 1 aromatic heterocycles. The van der Waals surface area contributed by atoms with Crippen molar-refractivity contribution in [2.75, 3.05) is 5.32 Å². The van der Waals surface area contributed by atoms with E-state index >= 15 is 0 Å². The quantitative estimate of drug-likeness (QED) is 0.778. The van der Waals surface area contributed by atoms with Crippen LogP contribution in [0.1, 0.15) is 46.6 Å². The highest BCUT2D eigenvalue weighted by molar-refractivity contribution is 7.80. The minimum Gasteiger partial charge on any atom is -0.491 e. The zero-order valence-corrected chi connectivity index (χ0v) is 16.2. The van der Waals surface area contributed by atoms with Crippen molar-refractivity contribution in [1.29, 1.82) is 5.26 Å². The van der Waals surface area contributed by atoms with Crippen LogP contribution < -0.4 is 15.4 Å². The van der Waals surface area contributed by atoms with Gasteiger partial charge in [0.15, 0.2) is 5.11 Å². The van der Waals surface area contributed by atoms with Gasteiger partial charge in [-0.3, -0.25) is 10.1 Å². The lowest BCUT2D eigenvalue weighted by Gasteiger charge is -2.12. The minimum atomic E-state index is -0.320. The number of benzene rings is 1. The number of nitrogens with zero attached hydrogens (tertiary/aromatic N) is 1. The summed E-state index contributed by atoms with van der Waals surface area (Å²) in [5.41, 5.74) is 2.22. The Balaban J connectivity index is 1.67. The Labute approximate surface area is 162 Å². The standard InChI is InChI=1S/C19H19N3O2S2/c1-11(2)24-13-6-3-5-12(9-13)17(23)21-19(25)22-18-15(10-20)14-7-4-8-16(14)26-18/h3,5-6,9,11H,4,7-8H2,1-2H3,(H2,21,22,23,25). The number of amides is 1. The molecule has 0 spiro atoms. The van der Waals surface area contributed by atoms with E-state index in [1.54, 1.807) is 35.6 Å². The Bertz CT molecular complexity index is 897. The number of carbonyl (C=O) groups excluding carboxylic acids is 1. The predicted octanol–water partition coefficient (Wildman–Crippen LogP) is 4.02. The van der Waals surface area contributed by atoms with Crippen LogP contribution >= 0.6 is 23.6 Å². The Morgan fingerprint density at radius 2 is 2.19 bits per heavy atom. The summed E-state index contributed by atoms with van der Waals surface area (Å²) in [5, 5.41) is 16.0. The lowest BCUT2D eigenvalue weighted by atomic mass is 10.1. The average Bonchev–Trinajstić information content (AvgIpc) is 3.14. The number of rotatable bonds is 4. The molecule has 0 atom stereocenters. The highest BCUT2D eigenvalue weighted by Gasteiger charge is 2.22. The molecule has 2 aromatic rings. The highest BCUT2D eigenvalue weighted by Crippen LogP contribution is 2.38. The number of thiophene rings is 1. The van der Waals surface area contributed by atoms with Crippen molar-refractivity contribution in [3.63, 3.8) is 0 Å². The molecule has 1 aromatic carbocycles. The first-order chi connectivity index (χ1) is 12.5. The molecule has 0 saturated heterocycles. The topological polar surface area (TPSA) is 74.2 Å². The maximum atomic E-state index is 12.4. The van der Waals surface area contributed by atoms with E-state index in [9.17, 15) is 10.1 Å². The molecule has 5 nitrogen and oxygen atoms in total. The van der Waals surface area contributed by atoms with Crippen LogP contribution in [0.2, 0.25) is 0 Å². The van der Waals surface area contributed by atoms with Gasteiger partial charge in [0, 0.05) is 10.4 Å². The van der Waals surface area contributed by atoms with E-state index < -0.39 is 0 Å². The lowest BCUT2D eigenvalue weighted by Crippen LogP contribution is -2.34. The number of aryl methyl sites for hydroxylation is 1. The van der Waals surface area contributed by atoms with Crippen molar-refractivity contribution in [3.8, 4) is 11.8 Å². The predicted molar refractivity (Wildman–Crippen MR) is 107 cm³/mol. The van der Waals surface area contributed by atoms with Gasteiger partial charge in [0.25, 0.3) is 5.91 Å². The average molecular weight is 386 g/mol. The van der Waals surface area contributed by atoms with Crippen molar-refractivity contribution in [3.05, 3.63) is 45.8 Å². The molecule has 1 aliphatic carbocycles. The number of nitrogens with one attached hydrogen (secondary N) is 2. The van der Waals surface area contributed by atoms with Crippen LogP contribution in [0.15, 0.2) is 24.3 Å². The lowest BCUT2D eigenvalue weighted by molar-refractivity contribution is 0.0977. The number of anilines is 1. The van der Waals surface area contributed by atoms with Gasteiger partial charge in [-0.05, 0) is 69.1 Å². The zero-order chi connectivity index (χ0) is 18.7. The first-order valence-electron chi connectivity index (χ1n) is 8.41. The summed E-state index contributed by atoms with van der Waals surface area (Å²) in [5.74, 6) is 0.312. The van der Waals surface area contributed by atoms with Gasteiger partial charge < -0.3 is 10.1 Å². The van der Waals surface area contributed by atoms with Crippen LogP contribution in [0.5, 0.6) is 5.75 Å². The summed E-state index contributed by atoms with van der Waals surface area (Å²) in [7, 11) is 0. The third-order valence-electron chi connectivity index (χ3n) is 3.96. The number of hydrogen-bond acceptors (Lipinski definition) is 5. The maximum Gasteiger partial charge on any atom is 0.257 e. The van der Waals surface area contributed by atoms with Crippen molar-refractivity contribution in [2.45, 2.75) is 39.2 Å². The molecule has 0 radical (unpaired) electrons. The van der Waals surface area contributed by atoms with Crippen molar-refractivity contribution >= 4 is 39.6 Å². The van der Waals surface area contributed by atoms with Gasteiger partial charge in [0.1, 0.15) is 16.8 Å². The zero-order valence-electron chi connectivity index (χ0n) is 14.6. The third kappa shape index (κ3) is 4.03. The molecule has 7 heteroatoms. The fraction of sp³-hybridized carbons (Fsp3) is 0.316. The molecule has 0 unspecified atom stereocenters. The second-order valence-electron chi connectivity index (χ2n) is 6.28. The maximum absolute atomic E-state index is 12.4. The summed E-state index contributed by atoms with van der Waals surface area (Å²) >= 11 is 6.79. The fourth-order valence-electron chi connectivity index (χ4n) is 2.90. The largest absolute Gasteiger partial charge is 0.491 e. The molecule has 3 rings (SSSR count). The van der Waals surface area contributed by atoms with Crippen LogP contribution in [0.4, 0.5) is 5.00 Å². The summed E-state index contributed by atoms with van der Waals surface area (Å²) < 4.78 is 5.61. The number of fused-ring (bicyclic) bond motifs is 1. The second-order valence-corrected chi connectivity index (χ2v) is 7.79. The van der Waals surface area contributed by atoms with E-state index in [1.165, 1.54) is 4.88 Å². The molecule has 1 heterocycles. The SMILES string of the molecule is CC(C)Oc1cccc(C(=O)NC(=S)Nc2sc3c(c2C#N)CCC3)c1. The third-order valence-corrected chi connectivity index (χ3v) is 5.37.